The van der Waals surface area contributed by atoms with Gasteiger partial charge < -0.3 is 9.47 Å². The molecule has 2 aliphatic heterocycles. The van der Waals surface area contributed by atoms with E-state index in [9.17, 15) is 14.4 Å². The number of hydrogen-bond acceptors (Lipinski definition) is 6. The monoisotopic (exact) mass is 271 g/mol. The number of fused-ring (bicyclic) bond motifs is 1. The van der Waals surface area contributed by atoms with E-state index < -0.39 is 0 Å². The topological polar surface area (TPSA) is 72.9 Å². The normalized spacial score (nSPS) is 22.2. The summed E-state index contributed by atoms with van der Waals surface area (Å²) in [5.41, 5.74) is 0.723. The van der Waals surface area contributed by atoms with Gasteiger partial charge in [0.2, 0.25) is 11.8 Å². The molecule has 1 fully saturated rings. The Hall–Kier alpha value is -1.50. The molecule has 0 N–H and O–H groups in total. The molecule has 0 aliphatic carbocycles. The molecular weight excluding hydrogens is 258 g/mol. The van der Waals surface area contributed by atoms with E-state index in [4.69, 9.17) is 9.47 Å². The largest absolute Gasteiger partial charge is 0.471 e. The molecule has 18 heavy (non-hydrogen) atoms. The van der Waals surface area contributed by atoms with Crippen LogP contribution in [0, 0.1) is 0 Å². The van der Waals surface area contributed by atoms with Crippen LogP contribution < -0.4 is 0 Å². The van der Waals surface area contributed by atoms with Crippen LogP contribution in [0.4, 0.5) is 0 Å². The van der Waals surface area contributed by atoms with Crippen molar-refractivity contribution in [2.75, 3.05) is 19.0 Å². The molecule has 1 saturated heterocycles. The second-order valence-corrected chi connectivity index (χ2v) is 5.07. The van der Waals surface area contributed by atoms with Gasteiger partial charge in [-0.05, 0) is 0 Å². The molecule has 0 aromatic carbocycles. The third-order valence-electron chi connectivity index (χ3n) is 2.61. The fourth-order valence-electron chi connectivity index (χ4n) is 1.77. The van der Waals surface area contributed by atoms with Crippen molar-refractivity contribution in [1.82, 2.24) is 4.90 Å². The molecule has 98 valence electrons. The molecular formula is C11H13NO5S. The van der Waals surface area contributed by atoms with Crippen LogP contribution >= 0.6 is 11.8 Å². The second-order valence-electron chi connectivity index (χ2n) is 3.90. The summed E-state index contributed by atoms with van der Waals surface area (Å²) in [5, 5.41) is 0.0835. The predicted octanol–water partition coefficient (Wildman–Crippen LogP) is 0.282. The summed E-state index contributed by atoms with van der Waals surface area (Å²) in [6.45, 7) is 1.30. The van der Waals surface area contributed by atoms with Crippen LogP contribution in [-0.4, -0.2) is 47.4 Å². The standard InChI is InChI=1S/C11H13NO5S/c1-7(14)17-5-8-6-18-10-4-9(15)12(10)11(8)16-3-2-13/h2,10H,3-6H2,1H3/t10-/m1/s1. The van der Waals surface area contributed by atoms with Gasteiger partial charge in [-0.15, -0.1) is 11.8 Å². The molecule has 0 spiro atoms. The van der Waals surface area contributed by atoms with Crippen molar-refractivity contribution in [3.63, 3.8) is 0 Å². The number of carbonyl (C=O) groups is 3. The van der Waals surface area contributed by atoms with E-state index in [1.54, 1.807) is 11.8 Å². The predicted molar refractivity (Wildman–Crippen MR) is 63.4 cm³/mol. The lowest BCUT2D eigenvalue weighted by atomic mass is 10.1. The van der Waals surface area contributed by atoms with E-state index in [0.29, 0.717) is 24.3 Å². The minimum absolute atomic E-state index is 0.0339. The fraction of sp³-hybridized carbons (Fsp3) is 0.545. The smallest absolute Gasteiger partial charge is 0.302 e. The summed E-state index contributed by atoms with van der Waals surface area (Å²) in [4.78, 5) is 34.2. The van der Waals surface area contributed by atoms with Crippen molar-refractivity contribution < 1.29 is 23.9 Å². The van der Waals surface area contributed by atoms with Crippen molar-refractivity contribution >= 4 is 29.9 Å². The molecule has 1 amide bonds. The number of aldehydes is 1. The summed E-state index contributed by atoms with van der Waals surface area (Å²) in [6.07, 6.45) is 1.11. The first-order chi connectivity index (χ1) is 8.63. The highest BCUT2D eigenvalue weighted by Crippen LogP contribution is 2.40. The van der Waals surface area contributed by atoms with Gasteiger partial charge in [0.05, 0.1) is 11.8 Å². The number of ether oxygens (including phenoxy) is 2. The Balaban J connectivity index is 2.14. The molecule has 2 rings (SSSR count). The Labute approximate surface area is 108 Å². The lowest BCUT2D eigenvalue weighted by molar-refractivity contribution is -0.143. The molecule has 0 aromatic heterocycles. The lowest BCUT2D eigenvalue weighted by Crippen LogP contribution is -2.53. The van der Waals surface area contributed by atoms with Gasteiger partial charge in [-0.1, -0.05) is 0 Å². The zero-order chi connectivity index (χ0) is 13.1. The van der Waals surface area contributed by atoms with Crippen LogP contribution in [0.15, 0.2) is 11.5 Å². The van der Waals surface area contributed by atoms with Crippen LogP contribution in [0.1, 0.15) is 13.3 Å². The van der Waals surface area contributed by atoms with E-state index in [1.165, 1.54) is 11.8 Å². The summed E-state index contributed by atoms with van der Waals surface area (Å²) in [7, 11) is 0. The van der Waals surface area contributed by atoms with Gasteiger partial charge in [-0.25, -0.2) is 0 Å². The summed E-state index contributed by atoms with van der Waals surface area (Å²) in [6, 6.07) is 0. The first kappa shape index (κ1) is 12.9. The van der Waals surface area contributed by atoms with Gasteiger partial charge in [0.25, 0.3) is 0 Å². The molecule has 2 aliphatic rings. The maximum atomic E-state index is 11.5. The van der Waals surface area contributed by atoms with Gasteiger partial charge in [0, 0.05) is 18.2 Å². The van der Waals surface area contributed by atoms with Gasteiger partial charge in [0.1, 0.15) is 13.2 Å². The number of hydrogen-bond donors (Lipinski definition) is 0. The minimum Gasteiger partial charge on any atom is -0.471 e. The number of carbonyl (C=O) groups excluding carboxylic acids is 3. The molecule has 0 radical (unpaired) electrons. The van der Waals surface area contributed by atoms with Crippen molar-refractivity contribution in [1.29, 1.82) is 0 Å². The summed E-state index contributed by atoms with van der Waals surface area (Å²) in [5.74, 6) is 0.590. The molecule has 2 heterocycles. The molecule has 6 nitrogen and oxygen atoms in total. The van der Waals surface area contributed by atoms with Gasteiger partial charge in [-0.3, -0.25) is 19.3 Å². The number of nitrogens with zero attached hydrogens (tertiary/aromatic N) is 1. The Morgan fingerprint density at radius 2 is 2.39 bits per heavy atom. The highest BCUT2D eigenvalue weighted by molar-refractivity contribution is 8.00. The Kier molecular flexibility index (Phi) is 3.90. The first-order valence-electron chi connectivity index (χ1n) is 5.49. The second kappa shape index (κ2) is 5.43. The average Bonchev–Trinajstić information content (AvgIpc) is 2.32. The van der Waals surface area contributed by atoms with E-state index in [1.807, 2.05) is 0 Å². The molecule has 0 aromatic rings. The number of amides is 1. The van der Waals surface area contributed by atoms with E-state index >= 15 is 0 Å². The van der Waals surface area contributed by atoms with Crippen molar-refractivity contribution in [3.8, 4) is 0 Å². The van der Waals surface area contributed by atoms with Crippen LogP contribution in [0.2, 0.25) is 0 Å². The van der Waals surface area contributed by atoms with E-state index in [0.717, 1.165) is 5.57 Å². The molecule has 0 unspecified atom stereocenters. The first-order valence-corrected chi connectivity index (χ1v) is 6.54. The Morgan fingerprint density at radius 3 is 3.00 bits per heavy atom. The maximum absolute atomic E-state index is 11.5. The molecule has 0 saturated carbocycles. The lowest BCUT2D eigenvalue weighted by Gasteiger charge is -2.44. The van der Waals surface area contributed by atoms with E-state index in [-0.39, 0.29) is 30.5 Å². The quantitative estimate of drug-likeness (QED) is 0.406. The number of β-lactam (4-membered cyclic amide) rings is 1. The van der Waals surface area contributed by atoms with Crippen molar-refractivity contribution in [2.24, 2.45) is 0 Å². The van der Waals surface area contributed by atoms with E-state index in [2.05, 4.69) is 0 Å². The number of rotatable bonds is 5. The summed E-state index contributed by atoms with van der Waals surface area (Å²) >= 11 is 1.60. The maximum Gasteiger partial charge on any atom is 0.302 e. The van der Waals surface area contributed by atoms with Crippen LogP contribution in [0.25, 0.3) is 0 Å². The van der Waals surface area contributed by atoms with Crippen molar-refractivity contribution in [3.05, 3.63) is 11.5 Å². The SMILES string of the molecule is CC(=O)OCC1=C(OCC=O)N2C(=O)C[C@H]2SC1. The van der Waals surface area contributed by atoms with Gasteiger partial charge >= 0.3 is 5.97 Å². The Bertz CT molecular complexity index is 420. The summed E-state index contributed by atoms with van der Waals surface area (Å²) < 4.78 is 10.2. The molecule has 0 bridgehead atoms. The van der Waals surface area contributed by atoms with Gasteiger partial charge in [-0.2, -0.15) is 0 Å². The highest BCUT2D eigenvalue weighted by Gasteiger charge is 2.44. The minimum atomic E-state index is -0.390. The zero-order valence-corrected chi connectivity index (χ0v) is 10.7. The van der Waals surface area contributed by atoms with Crippen LogP contribution in [0.5, 0.6) is 0 Å². The average molecular weight is 271 g/mol. The van der Waals surface area contributed by atoms with Crippen LogP contribution in [-0.2, 0) is 23.9 Å². The molecule has 7 heteroatoms. The third kappa shape index (κ3) is 2.50. The Morgan fingerprint density at radius 1 is 1.61 bits per heavy atom. The number of esters is 1. The molecule has 1 atom stereocenters. The van der Waals surface area contributed by atoms with Gasteiger partial charge in [0.15, 0.2) is 6.29 Å². The number of thioether (sulfide) groups is 1. The fourth-order valence-corrected chi connectivity index (χ4v) is 2.99. The third-order valence-corrected chi connectivity index (χ3v) is 3.89. The highest BCUT2D eigenvalue weighted by atomic mass is 32.2. The van der Waals surface area contributed by atoms with Crippen LogP contribution in [0.3, 0.4) is 0 Å². The zero-order valence-electron chi connectivity index (χ0n) is 9.88. The van der Waals surface area contributed by atoms with Crippen molar-refractivity contribution in [2.45, 2.75) is 18.7 Å².